The van der Waals surface area contributed by atoms with Gasteiger partial charge in [-0.25, -0.2) is 28.8 Å². The standard InChI is InChI=1S/C26H22O10/c27-21(15-7-9-17-19(13-15)25(31)35-23(17)29)33-11-5-3-1-2-4-6-12-34-22(28)16-8-10-18-20(14-16)26(32)36-24(18)30/h7-10,13-14H,1-6,11-12H2. The summed E-state index contributed by atoms with van der Waals surface area (Å²) in [7, 11) is 0. The van der Waals surface area contributed by atoms with Crippen LogP contribution in [0.15, 0.2) is 36.4 Å². The third-order valence-electron chi connectivity index (χ3n) is 5.77. The average molecular weight is 494 g/mol. The van der Waals surface area contributed by atoms with E-state index in [-0.39, 0.29) is 46.6 Å². The van der Waals surface area contributed by atoms with Gasteiger partial charge < -0.3 is 18.9 Å². The number of unbranched alkanes of at least 4 members (excludes halogenated alkanes) is 5. The number of hydrogen-bond acceptors (Lipinski definition) is 10. The van der Waals surface area contributed by atoms with Gasteiger partial charge in [0.2, 0.25) is 0 Å². The first-order chi connectivity index (χ1) is 17.3. The number of fused-ring (bicyclic) bond motifs is 2. The van der Waals surface area contributed by atoms with Crippen LogP contribution in [0.4, 0.5) is 0 Å². The molecule has 0 spiro atoms. The van der Waals surface area contributed by atoms with Crippen molar-refractivity contribution in [1.29, 1.82) is 0 Å². The topological polar surface area (TPSA) is 139 Å². The van der Waals surface area contributed by atoms with Crippen LogP contribution in [0.3, 0.4) is 0 Å². The van der Waals surface area contributed by atoms with Gasteiger partial charge in [0, 0.05) is 0 Å². The largest absolute Gasteiger partial charge is 0.462 e. The molecule has 4 rings (SSSR count). The Labute approximate surface area is 205 Å². The molecule has 0 atom stereocenters. The lowest BCUT2D eigenvalue weighted by Gasteiger charge is -2.07. The molecule has 0 radical (unpaired) electrons. The molecule has 0 amide bonds. The molecule has 10 heteroatoms. The minimum absolute atomic E-state index is 0.0635. The van der Waals surface area contributed by atoms with Crippen LogP contribution in [-0.2, 0) is 18.9 Å². The summed E-state index contributed by atoms with van der Waals surface area (Å²) in [5, 5.41) is 0. The molecule has 0 N–H and O–H groups in total. The predicted octanol–water partition coefficient (Wildman–Crippen LogP) is 3.66. The zero-order chi connectivity index (χ0) is 25.7. The van der Waals surface area contributed by atoms with E-state index in [1.54, 1.807) is 0 Å². The monoisotopic (exact) mass is 494 g/mol. The molecule has 2 aliphatic rings. The van der Waals surface area contributed by atoms with Crippen molar-refractivity contribution < 1.29 is 47.7 Å². The van der Waals surface area contributed by atoms with E-state index < -0.39 is 35.8 Å². The Hall–Kier alpha value is -4.34. The number of benzene rings is 2. The van der Waals surface area contributed by atoms with Gasteiger partial charge in [-0.1, -0.05) is 25.7 Å². The van der Waals surface area contributed by atoms with E-state index in [0.29, 0.717) is 12.8 Å². The van der Waals surface area contributed by atoms with Crippen molar-refractivity contribution in [2.75, 3.05) is 13.2 Å². The van der Waals surface area contributed by atoms with Crippen molar-refractivity contribution in [3.05, 3.63) is 69.8 Å². The molecule has 2 aliphatic heterocycles. The first kappa shape index (κ1) is 24.8. The molecular formula is C26H22O10. The fourth-order valence-corrected chi connectivity index (χ4v) is 3.83. The number of carbonyl (C=O) groups is 6. The smallest absolute Gasteiger partial charge is 0.346 e. The van der Waals surface area contributed by atoms with Gasteiger partial charge in [0.15, 0.2) is 0 Å². The summed E-state index contributed by atoms with van der Waals surface area (Å²) in [4.78, 5) is 70.4. The van der Waals surface area contributed by atoms with E-state index in [9.17, 15) is 28.8 Å². The normalized spacial score (nSPS) is 13.7. The van der Waals surface area contributed by atoms with E-state index in [0.717, 1.165) is 25.7 Å². The first-order valence-corrected chi connectivity index (χ1v) is 11.5. The number of cyclic esters (lactones) is 4. The SMILES string of the molecule is O=C(OCCCCCCCCOC(=O)c1ccc2c(c1)C(=O)OC2=O)c1ccc2c(c1)C(=O)OC2=O. The van der Waals surface area contributed by atoms with E-state index in [4.69, 9.17) is 9.47 Å². The summed E-state index contributed by atoms with van der Waals surface area (Å²) in [6, 6.07) is 8.20. The summed E-state index contributed by atoms with van der Waals surface area (Å²) >= 11 is 0. The molecule has 0 aliphatic carbocycles. The summed E-state index contributed by atoms with van der Waals surface area (Å²) in [6.07, 6.45) is 4.88. The number of ether oxygens (including phenoxy) is 4. The van der Waals surface area contributed by atoms with Crippen LogP contribution in [0.25, 0.3) is 0 Å². The van der Waals surface area contributed by atoms with Crippen molar-refractivity contribution >= 4 is 35.8 Å². The average Bonchev–Trinajstić information content (AvgIpc) is 3.32. The molecule has 10 nitrogen and oxygen atoms in total. The fraction of sp³-hybridized carbons (Fsp3) is 0.308. The van der Waals surface area contributed by atoms with Gasteiger partial charge in [-0.15, -0.1) is 0 Å². The van der Waals surface area contributed by atoms with Crippen LogP contribution in [-0.4, -0.2) is 49.0 Å². The third kappa shape index (κ3) is 5.48. The maximum absolute atomic E-state index is 12.1. The summed E-state index contributed by atoms with van der Waals surface area (Å²) in [5.41, 5.74) is 0.770. The highest BCUT2D eigenvalue weighted by Gasteiger charge is 2.31. The number of hydrogen-bond donors (Lipinski definition) is 0. The molecule has 0 aromatic heterocycles. The van der Waals surface area contributed by atoms with Crippen molar-refractivity contribution in [2.24, 2.45) is 0 Å². The summed E-state index contributed by atoms with van der Waals surface area (Å²) in [5.74, 6) is -4.13. The minimum atomic E-state index is -0.771. The highest BCUT2D eigenvalue weighted by Crippen LogP contribution is 2.23. The molecule has 2 aromatic rings. The van der Waals surface area contributed by atoms with E-state index in [1.807, 2.05) is 0 Å². The van der Waals surface area contributed by atoms with Gasteiger partial charge >= 0.3 is 35.8 Å². The molecule has 0 saturated heterocycles. The zero-order valence-corrected chi connectivity index (χ0v) is 19.2. The van der Waals surface area contributed by atoms with Crippen molar-refractivity contribution in [2.45, 2.75) is 38.5 Å². The fourth-order valence-electron chi connectivity index (χ4n) is 3.83. The molecule has 0 fully saturated rings. The van der Waals surface area contributed by atoms with Crippen LogP contribution >= 0.6 is 0 Å². The van der Waals surface area contributed by atoms with Gasteiger partial charge in [-0.05, 0) is 49.2 Å². The van der Waals surface area contributed by atoms with Crippen LogP contribution < -0.4 is 0 Å². The van der Waals surface area contributed by atoms with E-state index >= 15 is 0 Å². The lowest BCUT2D eigenvalue weighted by atomic mass is 10.1. The summed E-state index contributed by atoms with van der Waals surface area (Å²) < 4.78 is 19.4. The Balaban J connectivity index is 1.06. The van der Waals surface area contributed by atoms with Crippen molar-refractivity contribution in [1.82, 2.24) is 0 Å². The number of esters is 6. The maximum Gasteiger partial charge on any atom is 0.346 e. The Morgan fingerprint density at radius 1 is 0.528 bits per heavy atom. The summed E-state index contributed by atoms with van der Waals surface area (Å²) in [6.45, 7) is 0.466. The van der Waals surface area contributed by atoms with E-state index in [2.05, 4.69) is 9.47 Å². The first-order valence-electron chi connectivity index (χ1n) is 11.5. The van der Waals surface area contributed by atoms with Crippen LogP contribution in [0.1, 0.15) is 101 Å². The zero-order valence-electron chi connectivity index (χ0n) is 19.2. The lowest BCUT2D eigenvalue weighted by Crippen LogP contribution is -2.08. The molecule has 0 unspecified atom stereocenters. The number of carbonyl (C=O) groups excluding carboxylic acids is 6. The quantitative estimate of drug-likeness (QED) is 0.197. The van der Waals surface area contributed by atoms with Crippen LogP contribution in [0.2, 0.25) is 0 Å². The van der Waals surface area contributed by atoms with Crippen LogP contribution in [0, 0.1) is 0 Å². The van der Waals surface area contributed by atoms with Crippen molar-refractivity contribution in [3.63, 3.8) is 0 Å². The molecule has 0 saturated carbocycles. The molecule has 2 aromatic carbocycles. The number of rotatable bonds is 11. The molecular weight excluding hydrogens is 472 g/mol. The van der Waals surface area contributed by atoms with Gasteiger partial charge in [0.1, 0.15) is 0 Å². The van der Waals surface area contributed by atoms with Gasteiger partial charge in [0.25, 0.3) is 0 Å². The second-order valence-corrected chi connectivity index (χ2v) is 8.27. The predicted molar refractivity (Wildman–Crippen MR) is 121 cm³/mol. The Kier molecular flexibility index (Phi) is 7.53. The van der Waals surface area contributed by atoms with Gasteiger partial charge in [-0.3, -0.25) is 0 Å². The minimum Gasteiger partial charge on any atom is -0.462 e. The highest BCUT2D eigenvalue weighted by atomic mass is 16.6. The van der Waals surface area contributed by atoms with Crippen molar-refractivity contribution in [3.8, 4) is 0 Å². The second kappa shape index (κ2) is 10.9. The molecule has 186 valence electrons. The Morgan fingerprint density at radius 2 is 0.889 bits per heavy atom. The van der Waals surface area contributed by atoms with Gasteiger partial charge in [0.05, 0.1) is 46.6 Å². The van der Waals surface area contributed by atoms with E-state index in [1.165, 1.54) is 36.4 Å². The molecule has 36 heavy (non-hydrogen) atoms. The second-order valence-electron chi connectivity index (χ2n) is 8.27. The highest BCUT2D eigenvalue weighted by molar-refractivity contribution is 6.16. The van der Waals surface area contributed by atoms with Gasteiger partial charge in [-0.2, -0.15) is 0 Å². The Bertz CT molecular complexity index is 1160. The maximum atomic E-state index is 12.1. The third-order valence-corrected chi connectivity index (χ3v) is 5.77. The molecule has 0 bridgehead atoms. The molecule has 2 heterocycles. The Morgan fingerprint density at radius 3 is 1.31 bits per heavy atom. The van der Waals surface area contributed by atoms with Crippen LogP contribution in [0.5, 0.6) is 0 Å². The lowest BCUT2D eigenvalue weighted by molar-refractivity contribution is 0.0425.